The molecule has 1 saturated heterocycles. The number of rotatable bonds is 4. The smallest absolute Gasteiger partial charge is 0.377 e. The molecule has 120 valence electrons. The molecule has 0 radical (unpaired) electrons. The summed E-state index contributed by atoms with van der Waals surface area (Å²) in [5.74, 6) is -3.46. The Morgan fingerprint density at radius 3 is 2.41 bits per heavy atom. The first kappa shape index (κ1) is 16.0. The van der Waals surface area contributed by atoms with E-state index < -0.39 is 59.7 Å². The lowest BCUT2D eigenvalue weighted by Gasteiger charge is -2.17. The van der Waals surface area contributed by atoms with E-state index in [0.29, 0.717) is 10.8 Å². The van der Waals surface area contributed by atoms with Crippen molar-refractivity contribution < 1.29 is 34.8 Å². The molecule has 11 nitrogen and oxygen atoms in total. The lowest BCUT2D eigenvalue weighted by Crippen LogP contribution is -2.40. The van der Waals surface area contributed by atoms with Gasteiger partial charge in [-0.3, -0.25) is 19.1 Å². The van der Waals surface area contributed by atoms with Crippen molar-refractivity contribution in [2.24, 2.45) is 0 Å². The van der Waals surface area contributed by atoms with E-state index in [1.54, 1.807) is 4.98 Å². The largest absolute Gasteiger partial charge is 0.475 e. The van der Waals surface area contributed by atoms with Gasteiger partial charge in [0.15, 0.2) is 6.23 Å². The van der Waals surface area contributed by atoms with Crippen molar-refractivity contribution in [1.82, 2.24) is 9.55 Å². The predicted molar refractivity (Wildman–Crippen MR) is 66.3 cm³/mol. The Kier molecular flexibility index (Phi) is 4.23. The fourth-order valence-corrected chi connectivity index (χ4v) is 2.06. The van der Waals surface area contributed by atoms with Gasteiger partial charge in [0.2, 0.25) is 0 Å². The van der Waals surface area contributed by atoms with Gasteiger partial charge >= 0.3 is 11.7 Å². The van der Waals surface area contributed by atoms with Gasteiger partial charge in [-0.1, -0.05) is 0 Å². The second-order valence-corrected chi connectivity index (χ2v) is 4.57. The summed E-state index contributed by atoms with van der Waals surface area (Å²) >= 11 is 0. The van der Waals surface area contributed by atoms with Gasteiger partial charge in [0.25, 0.3) is 11.3 Å². The van der Waals surface area contributed by atoms with E-state index in [2.05, 4.69) is 0 Å². The van der Waals surface area contributed by atoms with Crippen molar-refractivity contribution in [3.05, 3.63) is 32.6 Å². The van der Waals surface area contributed by atoms with E-state index in [0.717, 1.165) is 0 Å². The van der Waals surface area contributed by atoms with Gasteiger partial charge in [-0.15, -0.1) is 0 Å². The number of hydrogen-bond donors (Lipinski definition) is 5. The van der Waals surface area contributed by atoms with E-state index in [1.165, 1.54) is 0 Å². The van der Waals surface area contributed by atoms with Crippen LogP contribution in [-0.2, 0) is 9.53 Å². The normalized spacial score (nSPS) is 27.8. The van der Waals surface area contributed by atoms with E-state index >= 15 is 0 Å². The Morgan fingerprint density at radius 1 is 1.27 bits per heavy atom. The molecule has 4 atom stereocenters. The minimum atomic E-state index is -1.91. The number of aromatic nitrogens is 2. The van der Waals surface area contributed by atoms with Crippen LogP contribution in [-0.4, -0.2) is 66.6 Å². The molecular formula is C11H12N2O9. The predicted octanol–water partition coefficient (Wildman–Crippen LogP) is -3.58. The summed E-state index contributed by atoms with van der Waals surface area (Å²) in [7, 11) is 0. The Morgan fingerprint density at radius 2 is 1.91 bits per heavy atom. The van der Waals surface area contributed by atoms with Crippen LogP contribution in [0.1, 0.15) is 16.6 Å². The third kappa shape index (κ3) is 2.57. The van der Waals surface area contributed by atoms with E-state index in [-0.39, 0.29) is 0 Å². The Hall–Kier alpha value is -2.34. The maximum atomic E-state index is 11.7. The molecule has 0 spiro atoms. The van der Waals surface area contributed by atoms with E-state index in [9.17, 15) is 29.4 Å². The molecular weight excluding hydrogens is 304 g/mol. The number of carboxylic acids is 1. The summed E-state index contributed by atoms with van der Waals surface area (Å²) < 4.78 is 5.64. The van der Waals surface area contributed by atoms with Gasteiger partial charge in [-0.25, -0.2) is 9.59 Å². The van der Waals surface area contributed by atoms with Crippen LogP contribution < -0.4 is 11.2 Å². The van der Waals surface area contributed by atoms with Crippen LogP contribution >= 0.6 is 0 Å². The number of nitrogens with one attached hydrogen (secondary N) is 1. The zero-order valence-electron chi connectivity index (χ0n) is 10.9. The minimum Gasteiger partial charge on any atom is -0.475 e. The fraction of sp³-hybridized carbons (Fsp3) is 0.455. The molecule has 5 N–H and O–H groups in total. The Labute approximate surface area is 121 Å². The zero-order valence-corrected chi connectivity index (χ0v) is 10.9. The molecule has 11 heteroatoms. The number of aromatic amines is 1. The van der Waals surface area contributed by atoms with Crippen molar-refractivity contribution in [3.8, 4) is 0 Å². The number of aliphatic hydroxyl groups excluding tert-OH is 3. The number of hydrogen-bond acceptors (Lipinski definition) is 8. The molecule has 1 aromatic heterocycles. The summed E-state index contributed by atoms with van der Waals surface area (Å²) in [6.45, 7) is -0.645. The number of aliphatic carboxylic acids is 1. The molecule has 0 saturated carbocycles. The van der Waals surface area contributed by atoms with Crippen molar-refractivity contribution in [2.45, 2.75) is 24.5 Å². The quantitative estimate of drug-likeness (QED) is 0.277. The SMILES string of the molecule is O=C(O)C(=O)c1cn([C@H]2O[C@H](CO)[C@@H](O)[C@H]2O)c(=O)[nH]c1=O. The number of aliphatic hydroxyl groups is 3. The fourth-order valence-electron chi connectivity index (χ4n) is 2.06. The number of H-pyrrole nitrogens is 1. The summed E-state index contributed by atoms with van der Waals surface area (Å²) in [5.41, 5.74) is -3.13. The Bertz CT molecular complexity index is 721. The average molecular weight is 316 g/mol. The molecule has 1 aromatic rings. The van der Waals surface area contributed by atoms with Crippen LogP contribution in [0.25, 0.3) is 0 Å². The number of Topliss-reactive ketones (excluding diaryl/α,β-unsaturated/α-hetero) is 1. The lowest BCUT2D eigenvalue weighted by atomic mass is 10.1. The number of ketones is 1. The molecule has 1 aliphatic heterocycles. The van der Waals surface area contributed by atoms with E-state index in [1.807, 2.05) is 0 Å². The second kappa shape index (κ2) is 5.81. The van der Waals surface area contributed by atoms with Gasteiger partial charge < -0.3 is 25.2 Å². The molecule has 0 aliphatic carbocycles. The van der Waals surface area contributed by atoms with Crippen LogP contribution in [0.2, 0.25) is 0 Å². The van der Waals surface area contributed by atoms with Crippen LogP contribution in [0, 0.1) is 0 Å². The van der Waals surface area contributed by atoms with E-state index in [4.69, 9.17) is 14.9 Å². The van der Waals surface area contributed by atoms with Gasteiger partial charge in [-0.05, 0) is 0 Å². The summed E-state index contributed by atoms with van der Waals surface area (Å²) in [4.78, 5) is 47.0. The van der Waals surface area contributed by atoms with Crippen LogP contribution in [0.3, 0.4) is 0 Å². The van der Waals surface area contributed by atoms with Gasteiger partial charge in [0.1, 0.15) is 23.9 Å². The molecule has 2 heterocycles. The van der Waals surface area contributed by atoms with Crippen molar-refractivity contribution >= 4 is 11.8 Å². The molecule has 22 heavy (non-hydrogen) atoms. The highest BCUT2D eigenvalue weighted by molar-refractivity contribution is 6.39. The number of carbonyl (C=O) groups excluding carboxylic acids is 1. The lowest BCUT2D eigenvalue weighted by molar-refractivity contribution is -0.131. The number of carboxylic acid groups (broad SMARTS) is 1. The molecule has 0 amide bonds. The van der Waals surface area contributed by atoms with Gasteiger partial charge in [0.05, 0.1) is 6.61 Å². The molecule has 2 rings (SSSR count). The minimum absolute atomic E-state index is 0.571. The number of ether oxygens (including phenoxy) is 1. The first-order valence-electron chi connectivity index (χ1n) is 6.03. The highest BCUT2D eigenvalue weighted by Gasteiger charge is 2.44. The van der Waals surface area contributed by atoms with Crippen molar-refractivity contribution in [3.63, 3.8) is 0 Å². The highest BCUT2D eigenvalue weighted by atomic mass is 16.6. The Balaban J connectivity index is 2.51. The number of carbonyl (C=O) groups is 2. The third-order valence-corrected chi connectivity index (χ3v) is 3.20. The van der Waals surface area contributed by atoms with Gasteiger partial charge in [0, 0.05) is 6.20 Å². The van der Waals surface area contributed by atoms with Crippen LogP contribution in [0.5, 0.6) is 0 Å². The maximum absolute atomic E-state index is 11.7. The molecule has 1 fully saturated rings. The molecule has 1 aliphatic rings. The number of nitrogens with zero attached hydrogens (tertiary/aromatic N) is 1. The topological polar surface area (TPSA) is 179 Å². The highest BCUT2D eigenvalue weighted by Crippen LogP contribution is 2.27. The first-order valence-corrected chi connectivity index (χ1v) is 6.03. The summed E-state index contributed by atoms with van der Waals surface area (Å²) in [6, 6.07) is 0. The summed E-state index contributed by atoms with van der Waals surface area (Å²) in [6.07, 6.45) is -5.20. The molecule has 0 unspecified atom stereocenters. The monoisotopic (exact) mass is 316 g/mol. The van der Waals surface area contributed by atoms with Crippen LogP contribution in [0.4, 0.5) is 0 Å². The van der Waals surface area contributed by atoms with Crippen molar-refractivity contribution in [1.29, 1.82) is 0 Å². The molecule has 0 bridgehead atoms. The summed E-state index contributed by atoms with van der Waals surface area (Å²) in [5, 5.41) is 37.0. The van der Waals surface area contributed by atoms with Crippen molar-refractivity contribution in [2.75, 3.05) is 6.61 Å². The average Bonchev–Trinajstić information content (AvgIpc) is 2.74. The van der Waals surface area contributed by atoms with Gasteiger partial charge in [-0.2, -0.15) is 0 Å². The van der Waals surface area contributed by atoms with Crippen LogP contribution in [0.15, 0.2) is 15.8 Å². The zero-order chi connectivity index (χ0) is 16.6. The maximum Gasteiger partial charge on any atom is 0.377 e. The standard InChI is InChI=1S/C11H12N2O9/c14-2-4-6(16)7(17)9(22-4)13-1-3(5(15)10(19)20)8(18)12-11(13)21/h1,4,6-7,9,14,16-17H,2H2,(H,19,20)(H,12,18,21)/t4-,6-,7-,9+/m1/s1. The molecule has 0 aromatic carbocycles. The second-order valence-electron chi connectivity index (χ2n) is 4.57. The first-order chi connectivity index (χ1) is 10.3. The third-order valence-electron chi connectivity index (χ3n) is 3.20.